The predicted molar refractivity (Wildman–Crippen MR) is 148 cm³/mol. The number of fused-ring (bicyclic) bond motifs is 1. The number of nitrogens with one attached hydrogen (secondary N) is 1. The molecule has 0 unspecified atom stereocenters. The number of halogens is 1. The normalized spacial score (nSPS) is 14.2. The molecule has 0 spiro atoms. The fraction of sp³-hybridized carbons (Fsp3) is 0.233. The average molecular weight is 530 g/mol. The maximum atomic E-state index is 12.9. The van der Waals surface area contributed by atoms with E-state index in [9.17, 15) is 9.59 Å². The van der Waals surface area contributed by atoms with Crippen LogP contribution in [0.4, 0.5) is 11.4 Å². The number of likely N-dealkylation sites (tertiary alicyclic amines) is 1. The van der Waals surface area contributed by atoms with E-state index in [0.29, 0.717) is 16.3 Å². The fourth-order valence-electron chi connectivity index (χ4n) is 4.59. The van der Waals surface area contributed by atoms with E-state index in [1.807, 2.05) is 36.4 Å². The second-order valence-corrected chi connectivity index (χ2v) is 9.65. The molecule has 1 N–H and O–H groups in total. The number of carbonyl (C=O) groups is 2. The minimum absolute atomic E-state index is 0.171. The first-order valence-corrected chi connectivity index (χ1v) is 13.0. The fourth-order valence-corrected chi connectivity index (χ4v) is 4.76. The van der Waals surface area contributed by atoms with Gasteiger partial charge in [-0.25, -0.2) is 9.59 Å². The van der Waals surface area contributed by atoms with Gasteiger partial charge in [-0.2, -0.15) is 0 Å². The van der Waals surface area contributed by atoms with Crippen LogP contribution in [-0.2, 0) is 20.8 Å². The summed E-state index contributed by atoms with van der Waals surface area (Å²) >= 11 is 6.09. The molecule has 0 aliphatic carbocycles. The molecular formula is C30H28ClN3O4. The molecule has 3 aromatic carbocycles. The first-order valence-electron chi connectivity index (χ1n) is 12.6. The van der Waals surface area contributed by atoms with Crippen LogP contribution in [0.15, 0.2) is 85.1 Å². The van der Waals surface area contributed by atoms with Gasteiger partial charge in [-0.1, -0.05) is 54.1 Å². The SMILES string of the molecule is O=C(COC(=O)c1ccccc1Nc1ccnc2cc(Cl)ccc12)OC1CCN(Cc2ccccc2)CC1. The van der Waals surface area contributed by atoms with Crippen LogP contribution < -0.4 is 5.32 Å². The number of pyridine rings is 1. The summed E-state index contributed by atoms with van der Waals surface area (Å²) in [4.78, 5) is 32.0. The summed E-state index contributed by atoms with van der Waals surface area (Å²) in [6.07, 6.45) is 3.01. The second kappa shape index (κ2) is 12.1. The van der Waals surface area contributed by atoms with Crippen LogP contribution >= 0.6 is 11.6 Å². The molecule has 1 aliphatic heterocycles. The van der Waals surface area contributed by atoms with E-state index in [1.54, 1.807) is 36.5 Å². The number of hydrogen-bond acceptors (Lipinski definition) is 7. The maximum Gasteiger partial charge on any atom is 0.344 e. The molecule has 7 nitrogen and oxygen atoms in total. The minimum atomic E-state index is -0.607. The Morgan fingerprint density at radius 3 is 2.53 bits per heavy atom. The topological polar surface area (TPSA) is 80.8 Å². The van der Waals surface area contributed by atoms with E-state index in [-0.39, 0.29) is 6.10 Å². The molecule has 1 aromatic heterocycles. The summed E-state index contributed by atoms with van der Waals surface area (Å²) in [5.74, 6) is -1.15. The van der Waals surface area contributed by atoms with Crippen molar-refractivity contribution in [3.8, 4) is 0 Å². The van der Waals surface area contributed by atoms with Crippen molar-refractivity contribution < 1.29 is 19.1 Å². The lowest BCUT2D eigenvalue weighted by Crippen LogP contribution is -2.38. The van der Waals surface area contributed by atoms with Crippen LogP contribution in [0.2, 0.25) is 5.02 Å². The van der Waals surface area contributed by atoms with Gasteiger partial charge < -0.3 is 14.8 Å². The Hall–Kier alpha value is -3.94. The molecule has 8 heteroatoms. The largest absolute Gasteiger partial charge is 0.460 e. The standard InChI is InChI=1S/C30H28ClN3O4/c31-22-10-11-24-27(12-15-32-28(24)18-22)33-26-9-5-4-8-25(26)30(36)37-20-29(35)38-23-13-16-34(17-14-23)19-21-6-2-1-3-7-21/h1-12,15,18,23H,13-14,16-17,19-20H2,(H,32,33). The van der Waals surface area contributed by atoms with Gasteiger partial charge in [-0.05, 0) is 54.8 Å². The van der Waals surface area contributed by atoms with Crippen LogP contribution in [-0.4, -0.2) is 47.6 Å². The van der Waals surface area contributed by atoms with Crippen LogP contribution in [0.1, 0.15) is 28.8 Å². The van der Waals surface area contributed by atoms with Gasteiger partial charge >= 0.3 is 11.9 Å². The van der Waals surface area contributed by atoms with Crippen molar-refractivity contribution in [3.05, 3.63) is 101 Å². The zero-order valence-corrected chi connectivity index (χ0v) is 21.6. The number of para-hydroxylation sites is 1. The molecule has 1 saturated heterocycles. The highest BCUT2D eigenvalue weighted by Crippen LogP contribution is 2.29. The number of carbonyl (C=O) groups excluding carboxylic acids is 2. The number of ether oxygens (including phenoxy) is 2. The van der Waals surface area contributed by atoms with Gasteiger partial charge in [-0.3, -0.25) is 9.88 Å². The monoisotopic (exact) mass is 529 g/mol. The van der Waals surface area contributed by atoms with Gasteiger partial charge in [0, 0.05) is 41.9 Å². The lowest BCUT2D eigenvalue weighted by atomic mass is 10.1. The van der Waals surface area contributed by atoms with Gasteiger partial charge in [0.15, 0.2) is 6.61 Å². The predicted octanol–water partition coefficient (Wildman–Crippen LogP) is 6.00. The number of hydrogen-bond donors (Lipinski definition) is 1. The quantitative estimate of drug-likeness (QED) is 0.280. The number of esters is 2. The van der Waals surface area contributed by atoms with Crippen molar-refractivity contribution in [1.29, 1.82) is 0 Å². The van der Waals surface area contributed by atoms with Gasteiger partial charge in [0.2, 0.25) is 0 Å². The Bertz CT molecular complexity index is 1420. The zero-order valence-electron chi connectivity index (χ0n) is 20.8. The first-order chi connectivity index (χ1) is 18.5. The summed E-state index contributed by atoms with van der Waals surface area (Å²) in [7, 11) is 0. The highest BCUT2D eigenvalue weighted by molar-refractivity contribution is 6.31. The van der Waals surface area contributed by atoms with E-state index < -0.39 is 18.5 Å². The third-order valence-corrected chi connectivity index (χ3v) is 6.76. The van der Waals surface area contributed by atoms with Gasteiger partial charge in [0.25, 0.3) is 0 Å². The zero-order chi connectivity index (χ0) is 26.3. The average Bonchev–Trinajstić information content (AvgIpc) is 2.94. The molecule has 1 aliphatic rings. The van der Waals surface area contributed by atoms with Crippen LogP contribution in [0.3, 0.4) is 0 Å². The summed E-state index contributed by atoms with van der Waals surface area (Å²) in [5.41, 5.74) is 3.64. The van der Waals surface area contributed by atoms with Crippen LogP contribution in [0.25, 0.3) is 10.9 Å². The lowest BCUT2D eigenvalue weighted by Gasteiger charge is -2.31. The van der Waals surface area contributed by atoms with E-state index in [1.165, 1.54) is 5.56 Å². The summed E-state index contributed by atoms with van der Waals surface area (Å²) in [6, 6.07) is 24.6. The van der Waals surface area contributed by atoms with Crippen molar-refractivity contribution in [2.24, 2.45) is 0 Å². The number of piperidine rings is 1. The molecular weight excluding hydrogens is 502 g/mol. The Kier molecular flexibility index (Phi) is 8.16. The molecule has 1 fully saturated rings. The Morgan fingerprint density at radius 1 is 0.947 bits per heavy atom. The van der Waals surface area contributed by atoms with Crippen LogP contribution in [0.5, 0.6) is 0 Å². The Labute approximate surface area is 226 Å². The van der Waals surface area contributed by atoms with E-state index in [2.05, 4.69) is 27.3 Å². The van der Waals surface area contributed by atoms with Crippen LogP contribution in [0, 0.1) is 0 Å². The maximum absolute atomic E-state index is 12.9. The molecule has 2 heterocycles. The van der Waals surface area contributed by atoms with E-state index in [4.69, 9.17) is 21.1 Å². The molecule has 38 heavy (non-hydrogen) atoms. The lowest BCUT2D eigenvalue weighted by molar-refractivity contribution is -0.154. The van der Waals surface area contributed by atoms with Crippen molar-refractivity contribution in [2.75, 3.05) is 25.0 Å². The van der Waals surface area contributed by atoms with Crippen molar-refractivity contribution >= 4 is 45.8 Å². The Balaban J connectivity index is 1.14. The summed E-state index contributed by atoms with van der Waals surface area (Å²) in [5, 5.41) is 4.74. The molecule has 0 radical (unpaired) electrons. The second-order valence-electron chi connectivity index (χ2n) is 9.22. The van der Waals surface area contributed by atoms with Gasteiger partial charge in [0.05, 0.1) is 16.8 Å². The summed E-state index contributed by atoms with van der Waals surface area (Å²) in [6.45, 7) is 2.15. The number of benzene rings is 3. The van der Waals surface area contributed by atoms with Crippen molar-refractivity contribution in [3.63, 3.8) is 0 Å². The highest BCUT2D eigenvalue weighted by atomic mass is 35.5. The van der Waals surface area contributed by atoms with Gasteiger partial charge in [0.1, 0.15) is 6.10 Å². The van der Waals surface area contributed by atoms with Gasteiger partial charge in [-0.15, -0.1) is 0 Å². The first kappa shape index (κ1) is 25.7. The molecule has 0 bridgehead atoms. The third kappa shape index (κ3) is 6.49. The molecule has 0 atom stereocenters. The number of rotatable bonds is 8. The number of nitrogens with zero attached hydrogens (tertiary/aromatic N) is 2. The smallest absolute Gasteiger partial charge is 0.344 e. The minimum Gasteiger partial charge on any atom is -0.460 e. The van der Waals surface area contributed by atoms with Crippen molar-refractivity contribution in [2.45, 2.75) is 25.5 Å². The third-order valence-electron chi connectivity index (χ3n) is 6.52. The molecule has 0 saturated carbocycles. The molecule has 4 aromatic rings. The number of anilines is 2. The molecule has 0 amide bonds. The molecule has 5 rings (SSSR count). The van der Waals surface area contributed by atoms with E-state index in [0.717, 1.165) is 49.1 Å². The number of aromatic nitrogens is 1. The van der Waals surface area contributed by atoms with E-state index >= 15 is 0 Å². The Morgan fingerprint density at radius 2 is 1.71 bits per heavy atom. The summed E-state index contributed by atoms with van der Waals surface area (Å²) < 4.78 is 10.9. The molecule has 194 valence electrons. The van der Waals surface area contributed by atoms with Crippen molar-refractivity contribution in [1.82, 2.24) is 9.88 Å². The highest BCUT2D eigenvalue weighted by Gasteiger charge is 2.23.